The first-order valence-corrected chi connectivity index (χ1v) is 8.57. The summed E-state index contributed by atoms with van der Waals surface area (Å²) in [6.07, 6.45) is 0. The maximum absolute atomic E-state index is 11.9. The van der Waals surface area contributed by atoms with Crippen molar-refractivity contribution in [3.63, 3.8) is 0 Å². The van der Waals surface area contributed by atoms with Crippen molar-refractivity contribution in [2.75, 3.05) is 13.2 Å². The third kappa shape index (κ3) is 6.97. The van der Waals surface area contributed by atoms with Crippen molar-refractivity contribution < 1.29 is 23.7 Å². The summed E-state index contributed by atoms with van der Waals surface area (Å²) in [6, 6.07) is 7.25. The van der Waals surface area contributed by atoms with Crippen LogP contribution in [0.15, 0.2) is 30.8 Å². The summed E-state index contributed by atoms with van der Waals surface area (Å²) in [5.74, 6) is 0. The van der Waals surface area contributed by atoms with Gasteiger partial charge in [0.25, 0.3) is 0 Å². The van der Waals surface area contributed by atoms with Crippen LogP contribution in [0.1, 0.15) is 31.9 Å². The van der Waals surface area contributed by atoms with E-state index in [-0.39, 0.29) is 13.2 Å². The van der Waals surface area contributed by atoms with Crippen LogP contribution in [0, 0.1) is 0 Å². The van der Waals surface area contributed by atoms with Crippen LogP contribution >= 0.6 is 7.82 Å². The predicted molar refractivity (Wildman–Crippen MR) is 88.7 cm³/mol. The molecule has 0 saturated carbocycles. The first kappa shape index (κ1) is 19.4. The Morgan fingerprint density at radius 1 is 1.39 bits per heavy atom. The number of nitrogens with one attached hydrogen (secondary N) is 2. The molecule has 0 aromatic heterocycles. The van der Waals surface area contributed by atoms with E-state index in [1.807, 2.05) is 45.0 Å². The van der Waals surface area contributed by atoms with Crippen molar-refractivity contribution in [3.05, 3.63) is 42.0 Å². The van der Waals surface area contributed by atoms with E-state index in [2.05, 4.69) is 21.7 Å². The Labute approximate surface area is 136 Å². The van der Waals surface area contributed by atoms with Crippen molar-refractivity contribution in [2.45, 2.75) is 26.3 Å². The second-order valence-electron chi connectivity index (χ2n) is 5.69. The van der Waals surface area contributed by atoms with Gasteiger partial charge in [-0.15, -0.1) is 0 Å². The maximum Gasteiger partial charge on any atom is 0.469 e. The van der Waals surface area contributed by atoms with Gasteiger partial charge in [0.2, 0.25) is 0 Å². The molecule has 0 heterocycles. The van der Waals surface area contributed by atoms with Crippen LogP contribution in [-0.4, -0.2) is 29.0 Å². The highest BCUT2D eigenvalue weighted by atomic mass is 31.2. The lowest BCUT2D eigenvalue weighted by Gasteiger charge is -2.27. The van der Waals surface area contributed by atoms with Gasteiger partial charge in [-0.2, -0.15) is 0 Å². The highest BCUT2D eigenvalue weighted by molar-refractivity contribution is 7.46. The van der Waals surface area contributed by atoms with Crippen LogP contribution in [0.2, 0.25) is 0 Å². The molecule has 4 N–H and O–H groups in total. The summed E-state index contributed by atoms with van der Waals surface area (Å²) in [4.78, 5) is 29.0. The Balaban J connectivity index is 2.60. The molecule has 0 saturated heterocycles. The van der Waals surface area contributed by atoms with Gasteiger partial charge in [0.15, 0.2) is 0 Å². The Kier molecular flexibility index (Phi) is 6.53. The third-order valence-corrected chi connectivity index (χ3v) is 3.67. The van der Waals surface area contributed by atoms with Gasteiger partial charge in [-0.1, -0.05) is 30.4 Å². The fourth-order valence-electron chi connectivity index (χ4n) is 1.90. The number of benzene rings is 1. The van der Waals surface area contributed by atoms with Crippen molar-refractivity contribution in [1.82, 2.24) is 10.6 Å². The topological polar surface area (TPSA) is 108 Å². The van der Waals surface area contributed by atoms with Gasteiger partial charge in [-0.3, -0.25) is 4.52 Å². The zero-order valence-electron chi connectivity index (χ0n) is 13.5. The van der Waals surface area contributed by atoms with Gasteiger partial charge in [-0.05, 0) is 38.0 Å². The Morgan fingerprint density at radius 3 is 2.61 bits per heavy atom. The highest BCUT2D eigenvalue weighted by Gasteiger charge is 2.23. The first-order chi connectivity index (χ1) is 10.5. The van der Waals surface area contributed by atoms with E-state index >= 15 is 0 Å². The second-order valence-corrected chi connectivity index (χ2v) is 6.93. The molecule has 0 atom stereocenters. The summed E-state index contributed by atoms with van der Waals surface area (Å²) < 4.78 is 14.8. The molecule has 0 spiro atoms. The van der Waals surface area contributed by atoms with E-state index in [1.165, 1.54) is 0 Å². The van der Waals surface area contributed by atoms with Crippen LogP contribution in [0.25, 0.3) is 5.57 Å². The van der Waals surface area contributed by atoms with Crippen molar-refractivity contribution in [1.29, 1.82) is 0 Å². The predicted octanol–water partition coefficient (Wildman–Crippen LogP) is 2.36. The number of urea groups is 1. The molecule has 23 heavy (non-hydrogen) atoms. The molecule has 7 nitrogen and oxygen atoms in total. The van der Waals surface area contributed by atoms with E-state index in [0.29, 0.717) is 0 Å². The number of allylic oxidation sites excluding steroid dienone is 1. The summed E-state index contributed by atoms with van der Waals surface area (Å²) in [5, 5.41) is 5.29. The Hall–Kier alpha value is -1.66. The van der Waals surface area contributed by atoms with Crippen LogP contribution in [0.4, 0.5) is 4.79 Å². The SMILES string of the molecule is C=C(C)c1cccc(C(C)(C)NC(=O)NCCOP(=O)(O)O)c1. The van der Waals surface area contributed by atoms with Gasteiger partial charge >= 0.3 is 13.9 Å². The lowest BCUT2D eigenvalue weighted by molar-refractivity contribution is 0.193. The lowest BCUT2D eigenvalue weighted by Crippen LogP contribution is -2.47. The zero-order valence-corrected chi connectivity index (χ0v) is 14.4. The molecule has 0 bridgehead atoms. The molecule has 128 valence electrons. The standard InChI is InChI=1S/C15H23N2O5P/c1-11(2)12-6-5-7-13(10-12)15(3,4)17-14(18)16-8-9-22-23(19,20)21/h5-7,10H,1,8-9H2,2-4H3,(H2,16,17,18)(H2,19,20,21). The molecule has 0 aliphatic heterocycles. The van der Waals surface area contributed by atoms with E-state index in [9.17, 15) is 9.36 Å². The van der Waals surface area contributed by atoms with Gasteiger partial charge in [0, 0.05) is 6.54 Å². The highest BCUT2D eigenvalue weighted by Crippen LogP contribution is 2.35. The fraction of sp³-hybridized carbons (Fsp3) is 0.400. The summed E-state index contributed by atoms with van der Waals surface area (Å²) in [5.41, 5.74) is 2.22. The van der Waals surface area contributed by atoms with Crippen LogP contribution in [-0.2, 0) is 14.6 Å². The Morgan fingerprint density at radius 2 is 2.04 bits per heavy atom. The van der Waals surface area contributed by atoms with Crippen LogP contribution < -0.4 is 10.6 Å². The minimum absolute atomic E-state index is 0.0151. The minimum atomic E-state index is -4.51. The van der Waals surface area contributed by atoms with E-state index in [4.69, 9.17) is 9.79 Å². The molecule has 0 radical (unpaired) electrons. The molecule has 0 unspecified atom stereocenters. The fourth-order valence-corrected chi connectivity index (χ4v) is 2.23. The quantitative estimate of drug-likeness (QED) is 0.449. The largest absolute Gasteiger partial charge is 0.469 e. The van der Waals surface area contributed by atoms with Gasteiger partial charge in [-0.25, -0.2) is 9.36 Å². The molecule has 0 aliphatic carbocycles. The normalized spacial score (nSPS) is 11.9. The van der Waals surface area contributed by atoms with Gasteiger partial charge in [0.05, 0.1) is 12.1 Å². The number of carbonyl (C=O) groups excluding carboxylic acids is 1. The molecular weight excluding hydrogens is 319 g/mol. The van der Waals surface area contributed by atoms with Gasteiger partial charge in [0.1, 0.15) is 0 Å². The third-order valence-electron chi connectivity index (χ3n) is 3.15. The number of amides is 2. The van der Waals surface area contributed by atoms with E-state index < -0.39 is 19.4 Å². The lowest BCUT2D eigenvalue weighted by atomic mass is 9.92. The number of hydrogen-bond donors (Lipinski definition) is 4. The number of hydrogen-bond acceptors (Lipinski definition) is 3. The van der Waals surface area contributed by atoms with Crippen molar-refractivity contribution in [3.8, 4) is 0 Å². The number of phosphoric ester groups is 1. The first-order valence-electron chi connectivity index (χ1n) is 7.04. The van der Waals surface area contributed by atoms with Gasteiger partial charge < -0.3 is 20.4 Å². The average molecular weight is 342 g/mol. The van der Waals surface area contributed by atoms with Crippen molar-refractivity contribution >= 4 is 19.4 Å². The van der Waals surface area contributed by atoms with Crippen molar-refractivity contribution in [2.24, 2.45) is 0 Å². The van der Waals surface area contributed by atoms with E-state index in [0.717, 1.165) is 16.7 Å². The molecule has 1 aromatic carbocycles. The Bertz CT molecular complexity index is 624. The molecule has 8 heteroatoms. The smallest absolute Gasteiger partial charge is 0.336 e. The number of rotatable bonds is 7. The summed E-state index contributed by atoms with van der Waals surface area (Å²) in [6.45, 7) is 9.24. The second kappa shape index (κ2) is 7.75. The zero-order chi connectivity index (χ0) is 17.7. The molecule has 0 aliphatic rings. The minimum Gasteiger partial charge on any atom is -0.336 e. The van der Waals surface area contributed by atoms with Crippen LogP contribution in [0.3, 0.4) is 0 Å². The number of phosphoric acid groups is 1. The molecule has 0 fully saturated rings. The van der Waals surface area contributed by atoms with Crippen LogP contribution in [0.5, 0.6) is 0 Å². The summed E-state index contributed by atoms with van der Waals surface area (Å²) in [7, 11) is -4.51. The molecule has 2 amide bonds. The number of carbonyl (C=O) groups is 1. The van der Waals surface area contributed by atoms with E-state index in [1.54, 1.807) is 0 Å². The average Bonchev–Trinajstić information content (AvgIpc) is 2.42. The maximum atomic E-state index is 11.9. The molecule has 1 rings (SSSR count). The molecule has 1 aromatic rings. The monoisotopic (exact) mass is 342 g/mol. The molecular formula is C15H23N2O5P. The summed E-state index contributed by atoms with van der Waals surface area (Å²) >= 11 is 0.